The van der Waals surface area contributed by atoms with E-state index in [1.165, 1.54) is 11.8 Å². The minimum absolute atomic E-state index is 0.00632. The maximum Gasteiger partial charge on any atom is 0.321 e. The average molecular weight is 286 g/mol. The molecule has 1 aromatic rings. The van der Waals surface area contributed by atoms with Gasteiger partial charge in [0.1, 0.15) is 11.6 Å². The van der Waals surface area contributed by atoms with E-state index in [4.69, 9.17) is 5.11 Å². The molecule has 0 atom stereocenters. The van der Waals surface area contributed by atoms with Gasteiger partial charge in [0.2, 0.25) is 0 Å². The number of carboxylic acids is 1. The first kappa shape index (κ1) is 15.9. The third kappa shape index (κ3) is 4.18. The number of amides is 2. The molecule has 1 aromatic carbocycles. The Morgan fingerprint density at radius 1 is 1.30 bits per heavy atom. The molecule has 0 aliphatic heterocycles. The van der Waals surface area contributed by atoms with Crippen molar-refractivity contribution in [1.82, 2.24) is 4.90 Å². The van der Waals surface area contributed by atoms with Crippen LogP contribution in [0.1, 0.15) is 18.9 Å². The Balaban J connectivity index is 2.78. The number of hydrogen-bond acceptors (Lipinski definition) is 2. The molecule has 0 spiro atoms. The van der Waals surface area contributed by atoms with Crippen molar-refractivity contribution < 1.29 is 23.5 Å². The van der Waals surface area contributed by atoms with Gasteiger partial charge in [0.25, 0.3) is 0 Å². The molecule has 7 heteroatoms. The second kappa shape index (κ2) is 6.83. The van der Waals surface area contributed by atoms with Crippen molar-refractivity contribution in [3.05, 3.63) is 29.3 Å². The summed E-state index contributed by atoms with van der Waals surface area (Å²) in [5, 5.41) is 10.8. The van der Waals surface area contributed by atoms with Gasteiger partial charge in [0, 0.05) is 19.2 Å². The summed E-state index contributed by atoms with van der Waals surface area (Å²) in [4.78, 5) is 23.5. The number of carboxylic acid groups (broad SMARTS) is 1. The smallest absolute Gasteiger partial charge is 0.321 e. The van der Waals surface area contributed by atoms with Crippen LogP contribution in [0.3, 0.4) is 0 Å². The van der Waals surface area contributed by atoms with Crippen LogP contribution in [0.25, 0.3) is 0 Å². The molecule has 0 aromatic heterocycles. The first-order valence-electron chi connectivity index (χ1n) is 6.08. The van der Waals surface area contributed by atoms with Gasteiger partial charge in [-0.05, 0) is 25.5 Å². The monoisotopic (exact) mass is 286 g/mol. The number of aliphatic carboxylic acids is 1. The zero-order valence-corrected chi connectivity index (χ0v) is 11.2. The molecule has 0 aliphatic rings. The molecule has 0 radical (unpaired) electrons. The molecule has 0 heterocycles. The Kier molecular flexibility index (Phi) is 5.42. The maximum atomic E-state index is 13.6. The molecule has 0 fully saturated rings. The summed E-state index contributed by atoms with van der Waals surface area (Å²) < 4.78 is 26.9. The summed E-state index contributed by atoms with van der Waals surface area (Å²) in [5.41, 5.74) is -0.134. The highest BCUT2D eigenvalue weighted by atomic mass is 19.1. The molecule has 20 heavy (non-hydrogen) atoms. The summed E-state index contributed by atoms with van der Waals surface area (Å²) in [6, 6.07) is 1.21. The lowest BCUT2D eigenvalue weighted by Crippen LogP contribution is -2.36. The Morgan fingerprint density at radius 2 is 1.95 bits per heavy atom. The van der Waals surface area contributed by atoms with E-state index < -0.39 is 23.6 Å². The molecule has 1 rings (SSSR count). The quantitative estimate of drug-likeness (QED) is 0.874. The number of carbonyl (C=O) groups is 2. The van der Waals surface area contributed by atoms with Crippen LogP contribution in [-0.2, 0) is 4.79 Å². The van der Waals surface area contributed by atoms with Crippen LogP contribution in [-0.4, -0.2) is 35.1 Å². The fourth-order valence-corrected chi connectivity index (χ4v) is 1.57. The lowest BCUT2D eigenvalue weighted by Gasteiger charge is -2.20. The van der Waals surface area contributed by atoms with Crippen LogP contribution in [0.2, 0.25) is 0 Å². The number of urea groups is 1. The van der Waals surface area contributed by atoms with E-state index in [-0.39, 0.29) is 30.8 Å². The molecule has 0 aliphatic carbocycles. The lowest BCUT2D eigenvalue weighted by molar-refractivity contribution is -0.137. The van der Waals surface area contributed by atoms with Crippen LogP contribution >= 0.6 is 0 Å². The highest BCUT2D eigenvalue weighted by Crippen LogP contribution is 2.19. The predicted octanol–water partition coefficient (Wildman–Crippen LogP) is 2.60. The zero-order chi connectivity index (χ0) is 15.3. The Morgan fingerprint density at radius 3 is 2.50 bits per heavy atom. The second-order valence-corrected chi connectivity index (χ2v) is 4.23. The van der Waals surface area contributed by atoms with Gasteiger partial charge in [0.15, 0.2) is 0 Å². The van der Waals surface area contributed by atoms with Crippen LogP contribution < -0.4 is 5.32 Å². The summed E-state index contributed by atoms with van der Waals surface area (Å²) in [6.45, 7) is 3.32. The third-order valence-corrected chi connectivity index (χ3v) is 2.75. The number of aryl methyl sites for hydroxylation is 1. The molecule has 2 N–H and O–H groups in total. The number of nitrogens with one attached hydrogen (secondary N) is 1. The Hall–Kier alpha value is -2.18. The molecule has 0 unspecified atom stereocenters. The van der Waals surface area contributed by atoms with Gasteiger partial charge in [-0.3, -0.25) is 4.79 Å². The SMILES string of the molecule is CCN(CCC(=O)O)C(=O)Nc1cc(F)c(C)cc1F. The molecular weight excluding hydrogens is 270 g/mol. The second-order valence-electron chi connectivity index (χ2n) is 4.23. The van der Waals surface area contributed by atoms with Crippen LogP contribution in [0.4, 0.5) is 19.3 Å². The first-order chi connectivity index (χ1) is 9.35. The number of anilines is 1. The number of carbonyl (C=O) groups excluding carboxylic acids is 1. The maximum absolute atomic E-state index is 13.6. The lowest BCUT2D eigenvalue weighted by atomic mass is 10.2. The molecule has 2 amide bonds. The van der Waals surface area contributed by atoms with Crippen molar-refractivity contribution in [2.45, 2.75) is 20.3 Å². The van der Waals surface area contributed by atoms with Crippen molar-refractivity contribution in [2.75, 3.05) is 18.4 Å². The average Bonchev–Trinajstić information content (AvgIpc) is 2.36. The fourth-order valence-electron chi connectivity index (χ4n) is 1.57. The van der Waals surface area contributed by atoms with Gasteiger partial charge in [-0.1, -0.05) is 0 Å². The van der Waals surface area contributed by atoms with Gasteiger partial charge in [-0.15, -0.1) is 0 Å². The zero-order valence-electron chi connectivity index (χ0n) is 11.2. The Bertz CT molecular complexity index is 521. The van der Waals surface area contributed by atoms with Crippen molar-refractivity contribution in [2.24, 2.45) is 0 Å². The van der Waals surface area contributed by atoms with E-state index in [1.54, 1.807) is 6.92 Å². The molecule has 0 bridgehead atoms. The standard InChI is InChI=1S/C13H16F2N2O3/c1-3-17(5-4-12(18)19)13(20)16-11-7-9(14)8(2)6-10(11)15/h6-7H,3-5H2,1-2H3,(H,16,20)(H,18,19). The van der Waals surface area contributed by atoms with E-state index in [9.17, 15) is 18.4 Å². The first-order valence-corrected chi connectivity index (χ1v) is 6.08. The van der Waals surface area contributed by atoms with Crippen LogP contribution in [0.5, 0.6) is 0 Å². The Labute approximate surface area is 115 Å². The summed E-state index contributed by atoms with van der Waals surface area (Å²) in [5.74, 6) is -2.41. The number of halogens is 2. The van der Waals surface area contributed by atoms with Crippen molar-refractivity contribution in [1.29, 1.82) is 0 Å². The normalized spacial score (nSPS) is 10.2. The number of nitrogens with zero attached hydrogens (tertiary/aromatic N) is 1. The molecule has 110 valence electrons. The van der Waals surface area contributed by atoms with Crippen LogP contribution in [0, 0.1) is 18.6 Å². The molecule has 0 saturated carbocycles. The van der Waals surface area contributed by atoms with E-state index in [1.807, 2.05) is 0 Å². The highest BCUT2D eigenvalue weighted by Gasteiger charge is 2.16. The van der Waals surface area contributed by atoms with Crippen molar-refractivity contribution in [3.8, 4) is 0 Å². The minimum atomic E-state index is -1.04. The van der Waals surface area contributed by atoms with Crippen molar-refractivity contribution in [3.63, 3.8) is 0 Å². The van der Waals surface area contributed by atoms with E-state index >= 15 is 0 Å². The van der Waals surface area contributed by atoms with Gasteiger partial charge < -0.3 is 15.3 Å². The number of rotatable bonds is 5. The summed E-state index contributed by atoms with van der Waals surface area (Å²) in [6.07, 6.45) is -0.216. The summed E-state index contributed by atoms with van der Waals surface area (Å²) in [7, 11) is 0. The van der Waals surface area contributed by atoms with Gasteiger partial charge in [-0.2, -0.15) is 0 Å². The predicted molar refractivity (Wildman–Crippen MR) is 69.6 cm³/mol. The highest BCUT2D eigenvalue weighted by molar-refractivity contribution is 5.89. The fraction of sp³-hybridized carbons (Fsp3) is 0.385. The van der Waals surface area contributed by atoms with Gasteiger partial charge in [0.05, 0.1) is 12.1 Å². The summed E-state index contributed by atoms with van der Waals surface area (Å²) >= 11 is 0. The van der Waals surface area contributed by atoms with E-state index in [0.717, 1.165) is 12.1 Å². The minimum Gasteiger partial charge on any atom is -0.481 e. The number of benzene rings is 1. The third-order valence-electron chi connectivity index (χ3n) is 2.75. The number of hydrogen-bond donors (Lipinski definition) is 2. The van der Waals surface area contributed by atoms with E-state index in [0.29, 0.717) is 0 Å². The topological polar surface area (TPSA) is 69.6 Å². The molecular formula is C13H16F2N2O3. The van der Waals surface area contributed by atoms with Crippen molar-refractivity contribution >= 4 is 17.7 Å². The van der Waals surface area contributed by atoms with Gasteiger partial charge >= 0.3 is 12.0 Å². The van der Waals surface area contributed by atoms with Gasteiger partial charge in [-0.25, -0.2) is 13.6 Å². The van der Waals surface area contributed by atoms with Crippen LogP contribution in [0.15, 0.2) is 12.1 Å². The molecule has 0 saturated heterocycles. The largest absolute Gasteiger partial charge is 0.481 e. The molecule has 5 nitrogen and oxygen atoms in total. The van der Waals surface area contributed by atoms with E-state index in [2.05, 4.69) is 5.32 Å².